The average Bonchev–Trinajstić information content (AvgIpc) is 2.48. The van der Waals surface area contributed by atoms with Gasteiger partial charge in [-0.05, 0) is 24.7 Å². The number of hydrogen-bond donors (Lipinski definition) is 0. The SMILES string of the molecule is C=C[C@]1(C)CCC[C@@H]2OC(=O)C[C@@H]21. The second-order valence-corrected chi connectivity index (χ2v) is 4.44. The van der Waals surface area contributed by atoms with Crippen molar-refractivity contribution >= 4 is 5.97 Å². The van der Waals surface area contributed by atoms with Crippen molar-refractivity contribution in [1.82, 2.24) is 0 Å². The fourth-order valence-electron chi connectivity index (χ4n) is 2.65. The van der Waals surface area contributed by atoms with Crippen LogP contribution in [-0.4, -0.2) is 12.1 Å². The Labute approximate surface area is 79.0 Å². The topological polar surface area (TPSA) is 26.3 Å². The summed E-state index contributed by atoms with van der Waals surface area (Å²) in [6.07, 6.45) is 6.11. The van der Waals surface area contributed by atoms with E-state index in [2.05, 4.69) is 13.5 Å². The van der Waals surface area contributed by atoms with E-state index in [0.717, 1.165) is 19.3 Å². The smallest absolute Gasteiger partial charge is 0.306 e. The van der Waals surface area contributed by atoms with Crippen molar-refractivity contribution in [3.8, 4) is 0 Å². The molecule has 2 heteroatoms. The van der Waals surface area contributed by atoms with Gasteiger partial charge in [0.25, 0.3) is 0 Å². The molecule has 1 saturated heterocycles. The maximum absolute atomic E-state index is 11.2. The summed E-state index contributed by atoms with van der Waals surface area (Å²) in [4.78, 5) is 11.2. The number of allylic oxidation sites excluding steroid dienone is 1. The van der Waals surface area contributed by atoms with Crippen molar-refractivity contribution in [1.29, 1.82) is 0 Å². The minimum Gasteiger partial charge on any atom is -0.462 e. The quantitative estimate of drug-likeness (QED) is 0.457. The summed E-state index contributed by atoms with van der Waals surface area (Å²) >= 11 is 0. The highest BCUT2D eigenvalue weighted by atomic mass is 16.5. The van der Waals surface area contributed by atoms with E-state index in [1.165, 1.54) is 0 Å². The van der Waals surface area contributed by atoms with Gasteiger partial charge in [0, 0.05) is 5.92 Å². The van der Waals surface area contributed by atoms with Crippen LogP contribution in [0.2, 0.25) is 0 Å². The van der Waals surface area contributed by atoms with Crippen LogP contribution in [0.15, 0.2) is 12.7 Å². The summed E-state index contributed by atoms with van der Waals surface area (Å²) in [5.41, 5.74) is 0.120. The standard InChI is InChI=1S/C11H16O2/c1-3-11(2)6-4-5-9-8(11)7-10(12)13-9/h3,8-9H,1,4-7H2,2H3/t8-,9-,11+/m0/s1. The molecule has 13 heavy (non-hydrogen) atoms. The van der Waals surface area contributed by atoms with Gasteiger partial charge < -0.3 is 4.74 Å². The fourth-order valence-corrected chi connectivity index (χ4v) is 2.65. The van der Waals surface area contributed by atoms with Gasteiger partial charge in [0.15, 0.2) is 0 Å². The molecule has 2 nitrogen and oxygen atoms in total. The first-order valence-electron chi connectivity index (χ1n) is 4.99. The Bertz CT molecular complexity index is 246. The number of carbonyl (C=O) groups excluding carboxylic acids is 1. The molecule has 2 rings (SSSR count). The van der Waals surface area contributed by atoms with Gasteiger partial charge in [0.05, 0.1) is 6.42 Å². The fraction of sp³-hybridized carbons (Fsp3) is 0.727. The lowest BCUT2D eigenvalue weighted by Gasteiger charge is -2.38. The molecule has 0 radical (unpaired) electrons. The van der Waals surface area contributed by atoms with Crippen LogP contribution >= 0.6 is 0 Å². The number of esters is 1. The van der Waals surface area contributed by atoms with Crippen LogP contribution in [-0.2, 0) is 9.53 Å². The lowest BCUT2D eigenvalue weighted by atomic mass is 9.66. The third-order valence-corrected chi connectivity index (χ3v) is 3.64. The van der Waals surface area contributed by atoms with Crippen molar-refractivity contribution in [3.63, 3.8) is 0 Å². The molecule has 72 valence electrons. The van der Waals surface area contributed by atoms with Crippen molar-refractivity contribution in [2.24, 2.45) is 11.3 Å². The number of hydrogen-bond acceptors (Lipinski definition) is 2. The van der Waals surface area contributed by atoms with Crippen LogP contribution < -0.4 is 0 Å². The zero-order chi connectivity index (χ0) is 9.47. The highest BCUT2D eigenvalue weighted by Gasteiger charge is 2.47. The van der Waals surface area contributed by atoms with Crippen molar-refractivity contribution in [3.05, 3.63) is 12.7 Å². The molecule has 2 aliphatic rings. The van der Waals surface area contributed by atoms with Gasteiger partial charge in [-0.1, -0.05) is 13.0 Å². The molecule has 0 N–H and O–H groups in total. The summed E-state index contributed by atoms with van der Waals surface area (Å²) in [6, 6.07) is 0. The number of fused-ring (bicyclic) bond motifs is 1. The average molecular weight is 180 g/mol. The molecule has 3 atom stereocenters. The highest BCUT2D eigenvalue weighted by molar-refractivity contribution is 5.72. The molecule has 0 aromatic carbocycles. The Morgan fingerprint density at radius 2 is 2.46 bits per heavy atom. The monoisotopic (exact) mass is 180 g/mol. The van der Waals surface area contributed by atoms with Crippen molar-refractivity contribution in [2.75, 3.05) is 0 Å². The molecule has 0 amide bonds. The van der Waals surface area contributed by atoms with Crippen molar-refractivity contribution < 1.29 is 9.53 Å². The second-order valence-electron chi connectivity index (χ2n) is 4.44. The Balaban J connectivity index is 2.23. The molecule has 0 aromatic rings. The third kappa shape index (κ3) is 1.28. The van der Waals surface area contributed by atoms with Crippen LogP contribution in [0.25, 0.3) is 0 Å². The lowest BCUT2D eigenvalue weighted by Crippen LogP contribution is -2.35. The molecular formula is C11H16O2. The van der Waals surface area contributed by atoms with Gasteiger partial charge in [-0.25, -0.2) is 0 Å². The minimum absolute atomic E-state index is 0.0232. The molecule has 2 fully saturated rings. The molecule has 0 bridgehead atoms. The molecule has 0 spiro atoms. The van der Waals surface area contributed by atoms with Gasteiger partial charge in [-0.2, -0.15) is 0 Å². The third-order valence-electron chi connectivity index (χ3n) is 3.64. The van der Waals surface area contributed by atoms with Gasteiger partial charge in [0.2, 0.25) is 0 Å². The summed E-state index contributed by atoms with van der Waals surface area (Å²) < 4.78 is 5.28. The number of ether oxygens (including phenoxy) is 1. The summed E-state index contributed by atoms with van der Waals surface area (Å²) in [7, 11) is 0. The zero-order valence-electron chi connectivity index (χ0n) is 8.08. The van der Waals surface area contributed by atoms with Gasteiger partial charge in [0.1, 0.15) is 6.10 Å². The van der Waals surface area contributed by atoms with E-state index in [-0.39, 0.29) is 17.5 Å². The van der Waals surface area contributed by atoms with Crippen LogP contribution in [0, 0.1) is 11.3 Å². The number of carbonyl (C=O) groups is 1. The second kappa shape index (κ2) is 2.86. The summed E-state index contributed by atoms with van der Waals surface area (Å²) in [5.74, 6) is 0.358. The van der Waals surface area contributed by atoms with E-state index in [1.54, 1.807) is 0 Å². The van der Waals surface area contributed by atoms with Crippen LogP contribution in [0.3, 0.4) is 0 Å². The van der Waals surface area contributed by atoms with Crippen LogP contribution in [0.4, 0.5) is 0 Å². The lowest BCUT2D eigenvalue weighted by molar-refractivity contribution is -0.142. The Morgan fingerprint density at radius 3 is 3.15 bits per heavy atom. The van der Waals surface area contributed by atoms with Gasteiger partial charge in [-0.3, -0.25) is 4.79 Å². The normalized spacial score (nSPS) is 43.9. The van der Waals surface area contributed by atoms with E-state index in [4.69, 9.17) is 4.74 Å². The van der Waals surface area contributed by atoms with E-state index in [1.807, 2.05) is 6.08 Å². The maximum Gasteiger partial charge on any atom is 0.306 e. The van der Waals surface area contributed by atoms with Crippen molar-refractivity contribution in [2.45, 2.75) is 38.7 Å². The van der Waals surface area contributed by atoms with Crippen LogP contribution in [0.1, 0.15) is 32.6 Å². The Morgan fingerprint density at radius 1 is 1.69 bits per heavy atom. The van der Waals surface area contributed by atoms with E-state index in [9.17, 15) is 4.79 Å². The van der Waals surface area contributed by atoms with Crippen LogP contribution in [0.5, 0.6) is 0 Å². The molecule has 0 aromatic heterocycles. The summed E-state index contributed by atoms with van der Waals surface area (Å²) in [6.45, 7) is 6.07. The molecule has 1 heterocycles. The molecular weight excluding hydrogens is 164 g/mol. The van der Waals surface area contributed by atoms with E-state index in [0.29, 0.717) is 12.3 Å². The van der Waals surface area contributed by atoms with E-state index < -0.39 is 0 Å². The molecule has 1 saturated carbocycles. The number of rotatable bonds is 1. The molecule has 0 unspecified atom stereocenters. The maximum atomic E-state index is 11.2. The minimum atomic E-state index is -0.0232. The predicted octanol–water partition coefficient (Wildman–Crippen LogP) is 2.29. The first-order valence-corrected chi connectivity index (χ1v) is 4.99. The predicted molar refractivity (Wildman–Crippen MR) is 50.1 cm³/mol. The Hall–Kier alpha value is -0.790. The molecule has 1 aliphatic carbocycles. The highest BCUT2D eigenvalue weighted by Crippen LogP contribution is 2.47. The molecule has 1 aliphatic heterocycles. The summed E-state index contributed by atoms with van der Waals surface area (Å²) in [5, 5.41) is 0. The van der Waals surface area contributed by atoms with Gasteiger partial charge in [-0.15, -0.1) is 6.58 Å². The van der Waals surface area contributed by atoms with Gasteiger partial charge >= 0.3 is 5.97 Å². The zero-order valence-corrected chi connectivity index (χ0v) is 8.08. The first-order chi connectivity index (χ1) is 6.15. The first kappa shape index (κ1) is 8.79. The largest absolute Gasteiger partial charge is 0.462 e. The Kier molecular flexibility index (Phi) is 1.94. The van der Waals surface area contributed by atoms with E-state index >= 15 is 0 Å².